The van der Waals surface area contributed by atoms with Gasteiger partial charge in [-0.25, -0.2) is 4.98 Å². The van der Waals surface area contributed by atoms with E-state index >= 15 is 0 Å². The van der Waals surface area contributed by atoms with Gasteiger partial charge in [-0.05, 0) is 63.6 Å². The number of thiophene rings is 1. The maximum atomic E-state index is 13.6. The number of hydrogen-bond donors (Lipinski definition) is 0. The minimum Gasteiger partial charge on any atom is -0.308 e. The van der Waals surface area contributed by atoms with Gasteiger partial charge in [-0.1, -0.05) is 6.92 Å². The molecule has 1 amide bonds. The molecule has 1 fully saturated rings. The second kappa shape index (κ2) is 9.66. The molecule has 6 nitrogen and oxygen atoms in total. The highest BCUT2D eigenvalue weighted by Crippen LogP contribution is 2.40. The summed E-state index contributed by atoms with van der Waals surface area (Å²) in [4.78, 5) is 39.9. The van der Waals surface area contributed by atoms with E-state index in [0.29, 0.717) is 10.8 Å². The third kappa shape index (κ3) is 4.69. The molecule has 4 aromatic heterocycles. The van der Waals surface area contributed by atoms with Crippen LogP contribution in [0.2, 0.25) is 0 Å². The van der Waals surface area contributed by atoms with Crippen LogP contribution in [0.1, 0.15) is 63.0 Å². The van der Waals surface area contributed by atoms with Gasteiger partial charge in [0.25, 0.3) is 0 Å². The Labute approximate surface area is 213 Å². The van der Waals surface area contributed by atoms with Gasteiger partial charge in [-0.2, -0.15) is 0 Å². The number of hydrogen-bond acceptors (Lipinski definition) is 6. The zero-order valence-electron chi connectivity index (χ0n) is 20.5. The van der Waals surface area contributed by atoms with Gasteiger partial charge in [0, 0.05) is 53.3 Å². The van der Waals surface area contributed by atoms with Crippen LogP contribution in [0.5, 0.6) is 0 Å². The molecule has 0 aliphatic heterocycles. The van der Waals surface area contributed by atoms with Crippen LogP contribution in [0.25, 0.3) is 26.8 Å². The first-order chi connectivity index (χ1) is 16.8. The van der Waals surface area contributed by atoms with Gasteiger partial charge in [0.15, 0.2) is 10.7 Å². The first-order valence-electron chi connectivity index (χ1n) is 12.2. The first-order valence-corrected chi connectivity index (χ1v) is 13.9. The Balaban J connectivity index is 1.46. The highest BCUT2D eigenvalue weighted by Gasteiger charge is 2.33. The molecule has 0 N–H and O–H groups in total. The number of imidazole rings is 1. The molecule has 4 heterocycles. The van der Waals surface area contributed by atoms with E-state index in [0.717, 1.165) is 58.2 Å². The summed E-state index contributed by atoms with van der Waals surface area (Å²) in [6.45, 7) is 7.89. The zero-order chi connectivity index (χ0) is 24.7. The van der Waals surface area contributed by atoms with Crippen molar-refractivity contribution >= 4 is 45.0 Å². The average molecular weight is 507 g/mol. The van der Waals surface area contributed by atoms with Crippen LogP contribution < -0.4 is 4.90 Å². The summed E-state index contributed by atoms with van der Waals surface area (Å²) in [7, 11) is 0. The average Bonchev–Trinajstić information content (AvgIpc) is 3.55. The van der Waals surface area contributed by atoms with E-state index in [-0.39, 0.29) is 23.7 Å². The lowest BCUT2D eigenvalue weighted by molar-refractivity contribution is -0.123. The SMILES string of the molecule is CC(=O)c1sc(-c2ccc(-c3cn4ccsc4n3)nc2)cc1N(C(=O)C1CCC(C)CC1)C(C)C. The van der Waals surface area contributed by atoms with Crippen LogP contribution >= 0.6 is 22.7 Å². The number of pyridine rings is 1. The van der Waals surface area contributed by atoms with Crippen molar-refractivity contribution in [3.05, 3.63) is 47.0 Å². The van der Waals surface area contributed by atoms with E-state index in [1.165, 1.54) is 11.3 Å². The molecule has 4 aromatic rings. The standard InChI is InChI=1S/C27H30N4O2S2/c1-16(2)31(26(33)19-7-5-17(3)6-8-19)23-13-24(35-25(23)18(4)32)20-9-10-21(28-14-20)22-15-30-11-12-34-27(30)29-22/h9-17,19H,5-8H2,1-4H3. The van der Waals surface area contributed by atoms with Crippen LogP contribution in [0.3, 0.4) is 0 Å². The van der Waals surface area contributed by atoms with Gasteiger partial charge in [-0.15, -0.1) is 22.7 Å². The Hall–Kier alpha value is -2.84. The van der Waals surface area contributed by atoms with Crippen molar-refractivity contribution in [3.63, 3.8) is 0 Å². The summed E-state index contributed by atoms with van der Waals surface area (Å²) >= 11 is 3.03. The van der Waals surface area contributed by atoms with E-state index in [1.807, 2.05) is 65.3 Å². The molecule has 0 spiro atoms. The lowest BCUT2D eigenvalue weighted by Gasteiger charge is -2.33. The molecule has 0 bridgehead atoms. The number of thiazole rings is 1. The third-order valence-electron chi connectivity index (χ3n) is 6.81. The highest BCUT2D eigenvalue weighted by atomic mass is 32.1. The van der Waals surface area contributed by atoms with Gasteiger partial charge in [0.2, 0.25) is 5.91 Å². The number of nitrogens with zero attached hydrogens (tertiary/aromatic N) is 4. The Morgan fingerprint density at radius 2 is 1.91 bits per heavy atom. The van der Waals surface area contributed by atoms with E-state index < -0.39 is 0 Å². The molecular formula is C27H30N4O2S2. The lowest BCUT2D eigenvalue weighted by atomic mass is 9.82. The largest absolute Gasteiger partial charge is 0.308 e. The second-order valence-corrected chi connectivity index (χ2v) is 11.7. The Bertz CT molecular complexity index is 1330. The quantitative estimate of drug-likeness (QED) is 0.265. The number of rotatable bonds is 6. The molecule has 0 atom stereocenters. The molecule has 8 heteroatoms. The molecule has 1 aliphatic rings. The van der Waals surface area contributed by atoms with Crippen molar-refractivity contribution in [2.75, 3.05) is 4.90 Å². The van der Waals surface area contributed by atoms with Crippen molar-refractivity contribution < 1.29 is 9.59 Å². The summed E-state index contributed by atoms with van der Waals surface area (Å²) in [6.07, 6.45) is 9.80. The van der Waals surface area contributed by atoms with Gasteiger partial charge in [0.1, 0.15) is 5.69 Å². The van der Waals surface area contributed by atoms with Gasteiger partial charge in [-0.3, -0.25) is 19.0 Å². The maximum Gasteiger partial charge on any atom is 0.230 e. The van der Waals surface area contributed by atoms with Gasteiger partial charge < -0.3 is 4.90 Å². The fourth-order valence-corrected chi connectivity index (χ4v) is 6.59. The summed E-state index contributed by atoms with van der Waals surface area (Å²) in [5.41, 5.74) is 3.29. The molecule has 0 radical (unpaired) electrons. The van der Waals surface area contributed by atoms with Crippen molar-refractivity contribution in [3.8, 4) is 21.8 Å². The van der Waals surface area contributed by atoms with Crippen LogP contribution in [-0.2, 0) is 4.79 Å². The summed E-state index contributed by atoms with van der Waals surface area (Å²) in [5, 5.41) is 2.00. The predicted molar refractivity (Wildman–Crippen MR) is 143 cm³/mol. The lowest BCUT2D eigenvalue weighted by Crippen LogP contribution is -2.42. The maximum absolute atomic E-state index is 13.6. The Morgan fingerprint density at radius 1 is 1.14 bits per heavy atom. The van der Waals surface area contributed by atoms with Crippen molar-refractivity contribution in [1.82, 2.24) is 14.4 Å². The fourth-order valence-electron chi connectivity index (χ4n) is 4.85. The minimum atomic E-state index is -0.0299. The molecule has 0 unspecified atom stereocenters. The third-order valence-corrected chi connectivity index (χ3v) is 8.86. The second-order valence-electron chi connectivity index (χ2n) is 9.79. The van der Waals surface area contributed by atoms with Crippen LogP contribution in [0.4, 0.5) is 5.69 Å². The summed E-state index contributed by atoms with van der Waals surface area (Å²) in [6, 6.07) is 5.94. The molecule has 1 saturated carbocycles. The molecular weight excluding hydrogens is 476 g/mol. The number of carbonyl (C=O) groups is 2. The Kier molecular flexibility index (Phi) is 6.59. The summed E-state index contributed by atoms with van der Waals surface area (Å²) < 4.78 is 1.99. The molecule has 0 aromatic carbocycles. The molecule has 1 aliphatic carbocycles. The molecule has 5 rings (SSSR count). The van der Waals surface area contributed by atoms with Crippen LogP contribution in [0, 0.1) is 11.8 Å². The number of fused-ring (bicyclic) bond motifs is 1. The normalized spacial score (nSPS) is 18.3. The van der Waals surface area contributed by atoms with Gasteiger partial charge >= 0.3 is 0 Å². The fraction of sp³-hybridized carbons (Fsp3) is 0.407. The first kappa shape index (κ1) is 23.9. The van der Waals surface area contributed by atoms with Gasteiger partial charge in [0.05, 0.1) is 16.3 Å². The highest BCUT2D eigenvalue weighted by molar-refractivity contribution is 7.18. The number of ketones is 1. The van der Waals surface area contributed by atoms with Crippen molar-refractivity contribution in [1.29, 1.82) is 0 Å². The predicted octanol–water partition coefficient (Wildman–Crippen LogP) is 6.96. The number of carbonyl (C=O) groups excluding carboxylic acids is 2. The van der Waals surface area contributed by atoms with Crippen molar-refractivity contribution in [2.45, 2.75) is 59.4 Å². The van der Waals surface area contributed by atoms with Crippen LogP contribution in [-0.4, -0.2) is 32.1 Å². The van der Waals surface area contributed by atoms with E-state index in [9.17, 15) is 9.59 Å². The smallest absolute Gasteiger partial charge is 0.230 e. The van der Waals surface area contributed by atoms with E-state index in [4.69, 9.17) is 0 Å². The van der Waals surface area contributed by atoms with E-state index in [1.54, 1.807) is 18.3 Å². The Morgan fingerprint density at radius 3 is 2.54 bits per heavy atom. The van der Waals surface area contributed by atoms with E-state index in [2.05, 4.69) is 16.9 Å². The van der Waals surface area contributed by atoms with Crippen LogP contribution in [0.15, 0.2) is 42.2 Å². The minimum absolute atomic E-state index is 0.0189. The molecule has 0 saturated heterocycles. The topological polar surface area (TPSA) is 67.6 Å². The molecule has 35 heavy (non-hydrogen) atoms. The number of amides is 1. The van der Waals surface area contributed by atoms with Crippen molar-refractivity contribution in [2.24, 2.45) is 11.8 Å². The number of Topliss-reactive ketones (excluding diaryl/α,β-unsaturated/α-hetero) is 1. The number of aromatic nitrogens is 3. The molecule has 182 valence electrons. The summed E-state index contributed by atoms with van der Waals surface area (Å²) in [5.74, 6) is 0.838. The number of anilines is 1. The zero-order valence-corrected chi connectivity index (χ0v) is 22.2. The monoisotopic (exact) mass is 506 g/mol.